The van der Waals surface area contributed by atoms with Crippen LogP contribution in [0.15, 0.2) is 0 Å². The molecule has 2 fully saturated rings. The highest BCUT2D eigenvalue weighted by Crippen LogP contribution is 2.28. The van der Waals surface area contributed by atoms with Gasteiger partial charge in [0.15, 0.2) is 0 Å². The molecular formula is C10H20N2O3S. The lowest BCUT2D eigenvalue weighted by atomic mass is 9.82. The molecular weight excluding hydrogens is 228 g/mol. The highest BCUT2D eigenvalue weighted by Gasteiger charge is 2.30. The Morgan fingerprint density at radius 1 is 1.19 bits per heavy atom. The highest BCUT2D eigenvalue weighted by molar-refractivity contribution is 7.88. The maximum absolute atomic E-state index is 11.3. The quantitative estimate of drug-likeness (QED) is 0.720. The number of aliphatic hydroxyl groups excluding tert-OH is 1. The van der Waals surface area contributed by atoms with Gasteiger partial charge in [-0.05, 0) is 18.8 Å². The third-order valence-electron chi connectivity index (χ3n) is 3.53. The van der Waals surface area contributed by atoms with Crippen LogP contribution in [0, 0.1) is 5.92 Å². The van der Waals surface area contributed by atoms with Gasteiger partial charge in [-0.1, -0.05) is 0 Å². The van der Waals surface area contributed by atoms with E-state index in [-0.39, 0.29) is 6.10 Å². The van der Waals surface area contributed by atoms with Gasteiger partial charge in [0, 0.05) is 32.7 Å². The first kappa shape index (κ1) is 12.3. The van der Waals surface area contributed by atoms with Crippen LogP contribution in [0.3, 0.4) is 0 Å². The zero-order valence-corrected chi connectivity index (χ0v) is 10.5. The molecule has 0 spiro atoms. The Labute approximate surface area is 97.1 Å². The topological polar surface area (TPSA) is 60.9 Å². The van der Waals surface area contributed by atoms with E-state index in [1.807, 2.05) is 0 Å². The van der Waals surface area contributed by atoms with Crippen molar-refractivity contribution in [3.8, 4) is 0 Å². The van der Waals surface area contributed by atoms with Crippen molar-refractivity contribution in [3.63, 3.8) is 0 Å². The second-order valence-corrected chi connectivity index (χ2v) is 6.94. The SMILES string of the molecule is CS(=O)(=O)N1CCN(C[C@H]2C[C@@H](O)C2)CC1. The normalized spacial score (nSPS) is 33.6. The molecule has 1 aliphatic heterocycles. The molecule has 0 aromatic heterocycles. The smallest absolute Gasteiger partial charge is 0.211 e. The zero-order valence-electron chi connectivity index (χ0n) is 9.67. The van der Waals surface area contributed by atoms with Gasteiger partial charge in [-0.2, -0.15) is 4.31 Å². The standard InChI is InChI=1S/C10H20N2O3S/c1-16(14,15)12-4-2-11(3-5-12)8-9-6-10(13)7-9/h9-10,13H,2-8H2,1H3/t9-,10+. The summed E-state index contributed by atoms with van der Waals surface area (Å²) in [6.07, 6.45) is 2.99. The summed E-state index contributed by atoms with van der Waals surface area (Å²) in [4.78, 5) is 2.30. The fraction of sp³-hybridized carbons (Fsp3) is 1.00. The predicted molar refractivity (Wildman–Crippen MR) is 61.6 cm³/mol. The first-order chi connectivity index (χ1) is 7.45. The van der Waals surface area contributed by atoms with Gasteiger partial charge in [-0.25, -0.2) is 8.42 Å². The number of nitrogens with zero attached hydrogens (tertiary/aromatic N) is 2. The molecule has 1 saturated carbocycles. The van der Waals surface area contributed by atoms with Crippen LogP contribution in [0.5, 0.6) is 0 Å². The minimum atomic E-state index is -3.01. The summed E-state index contributed by atoms with van der Waals surface area (Å²) < 4.78 is 24.1. The van der Waals surface area contributed by atoms with Crippen molar-refractivity contribution in [2.75, 3.05) is 39.0 Å². The molecule has 0 unspecified atom stereocenters. The number of hydrogen-bond acceptors (Lipinski definition) is 4. The highest BCUT2D eigenvalue weighted by atomic mass is 32.2. The Morgan fingerprint density at radius 2 is 1.75 bits per heavy atom. The van der Waals surface area contributed by atoms with Gasteiger partial charge in [0.1, 0.15) is 0 Å². The van der Waals surface area contributed by atoms with Crippen molar-refractivity contribution in [2.24, 2.45) is 5.92 Å². The van der Waals surface area contributed by atoms with Crippen molar-refractivity contribution in [1.82, 2.24) is 9.21 Å². The number of piperazine rings is 1. The zero-order chi connectivity index (χ0) is 11.8. The summed E-state index contributed by atoms with van der Waals surface area (Å²) >= 11 is 0. The molecule has 0 radical (unpaired) electrons. The summed E-state index contributed by atoms with van der Waals surface area (Å²) in [5, 5.41) is 9.19. The average Bonchev–Trinajstić information content (AvgIpc) is 2.15. The van der Waals surface area contributed by atoms with E-state index in [1.165, 1.54) is 6.26 Å². The number of sulfonamides is 1. The van der Waals surface area contributed by atoms with Gasteiger partial charge in [0.05, 0.1) is 12.4 Å². The lowest BCUT2D eigenvalue weighted by Crippen LogP contribution is -2.50. The molecule has 0 bridgehead atoms. The van der Waals surface area contributed by atoms with Crippen molar-refractivity contribution in [3.05, 3.63) is 0 Å². The molecule has 2 rings (SSSR count). The molecule has 0 atom stereocenters. The van der Waals surface area contributed by atoms with Crippen molar-refractivity contribution >= 4 is 10.0 Å². The van der Waals surface area contributed by atoms with Crippen LogP contribution in [0.25, 0.3) is 0 Å². The molecule has 1 heterocycles. The van der Waals surface area contributed by atoms with Crippen LogP contribution < -0.4 is 0 Å². The van der Waals surface area contributed by atoms with Crippen molar-refractivity contribution in [2.45, 2.75) is 18.9 Å². The van der Waals surface area contributed by atoms with Gasteiger partial charge in [0.25, 0.3) is 0 Å². The second kappa shape index (κ2) is 4.60. The largest absolute Gasteiger partial charge is 0.393 e. The lowest BCUT2D eigenvalue weighted by Gasteiger charge is -2.39. The monoisotopic (exact) mass is 248 g/mol. The van der Waals surface area contributed by atoms with Gasteiger partial charge in [0.2, 0.25) is 10.0 Å². The third-order valence-corrected chi connectivity index (χ3v) is 4.83. The Bertz CT molecular complexity index is 330. The lowest BCUT2D eigenvalue weighted by molar-refractivity contribution is 0.0196. The molecule has 0 aromatic carbocycles. The van der Waals surface area contributed by atoms with Crippen molar-refractivity contribution < 1.29 is 13.5 Å². The Hall–Kier alpha value is -0.170. The molecule has 6 heteroatoms. The predicted octanol–water partition coefficient (Wildman–Crippen LogP) is -0.665. The Morgan fingerprint density at radius 3 is 2.19 bits per heavy atom. The Balaban J connectivity index is 1.73. The van der Waals surface area contributed by atoms with E-state index in [4.69, 9.17) is 0 Å². The first-order valence-corrected chi connectivity index (χ1v) is 7.65. The van der Waals surface area contributed by atoms with Crippen LogP contribution >= 0.6 is 0 Å². The molecule has 1 N–H and O–H groups in total. The maximum Gasteiger partial charge on any atom is 0.211 e. The average molecular weight is 248 g/mol. The van der Waals surface area contributed by atoms with Gasteiger partial charge in [-0.3, -0.25) is 0 Å². The summed E-state index contributed by atoms with van der Waals surface area (Å²) in [6.45, 7) is 3.86. The van der Waals surface area contributed by atoms with E-state index in [0.717, 1.165) is 32.5 Å². The second-order valence-electron chi connectivity index (χ2n) is 4.95. The van der Waals surface area contributed by atoms with E-state index < -0.39 is 10.0 Å². The van der Waals surface area contributed by atoms with E-state index in [9.17, 15) is 13.5 Å². The minimum absolute atomic E-state index is 0.0951. The summed E-state index contributed by atoms with van der Waals surface area (Å²) in [5.74, 6) is 0.611. The molecule has 94 valence electrons. The summed E-state index contributed by atoms with van der Waals surface area (Å²) in [5.41, 5.74) is 0. The summed E-state index contributed by atoms with van der Waals surface area (Å²) in [6, 6.07) is 0. The Kier molecular flexibility index (Phi) is 3.53. The van der Waals surface area contributed by atoms with E-state index in [1.54, 1.807) is 4.31 Å². The van der Waals surface area contributed by atoms with Crippen LogP contribution in [0.4, 0.5) is 0 Å². The van der Waals surface area contributed by atoms with Gasteiger partial charge >= 0.3 is 0 Å². The third kappa shape index (κ3) is 2.94. The molecule has 16 heavy (non-hydrogen) atoms. The summed E-state index contributed by atoms with van der Waals surface area (Å²) in [7, 11) is -3.01. The van der Waals surface area contributed by atoms with Crippen LogP contribution in [-0.4, -0.2) is 67.8 Å². The van der Waals surface area contributed by atoms with Gasteiger partial charge in [-0.15, -0.1) is 0 Å². The fourth-order valence-electron chi connectivity index (χ4n) is 2.46. The first-order valence-electron chi connectivity index (χ1n) is 5.80. The van der Waals surface area contributed by atoms with Crippen LogP contribution in [-0.2, 0) is 10.0 Å². The molecule has 2 aliphatic rings. The van der Waals surface area contributed by atoms with E-state index in [0.29, 0.717) is 19.0 Å². The van der Waals surface area contributed by atoms with E-state index >= 15 is 0 Å². The molecule has 1 saturated heterocycles. The molecule has 0 aromatic rings. The molecule has 5 nitrogen and oxygen atoms in total. The minimum Gasteiger partial charge on any atom is -0.393 e. The number of rotatable bonds is 3. The van der Waals surface area contributed by atoms with Crippen LogP contribution in [0.1, 0.15) is 12.8 Å². The van der Waals surface area contributed by atoms with E-state index in [2.05, 4.69) is 4.90 Å². The maximum atomic E-state index is 11.3. The van der Waals surface area contributed by atoms with Gasteiger partial charge < -0.3 is 10.0 Å². The molecule has 1 aliphatic carbocycles. The molecule has 0 amide bonds. The fourth-order valence-corrected chi connectivity index (χ4v) is 3.29. The number of hydrogen-bond donors (Lipinski definition) is 1. The van der Waals surface area contributed by atoms with Crippen LogP contribution in [0.2, 0.25) is 0 Å². The van der Waals surface area contributed by atoms with Crippen molar-refractivity contribution in [1.29, 1.82) is 0 Å². The number of aliphatic hydroxyl groups is 1.